The molecule has 0 bridgehead atoms. The van der Waals surface area contributed by atoms with E-state index in [4.69, 9.17) is 4.74 Å². The van der Waals surface area contributed by atoms with Gasteiger partial charge in [-0.15, -0.1) is 0 Å². The van der Waals surface area contributed by atoms with Crippen molar-refractivity contribution in [2.75, 3.05) is 0 Å². The second-order valence-electron chi connectivity index (χ2n) is 8.02. The average molecular weight is 439 g/mol. The Morgan fingerprint density at radius 1 is 0.939 bits per heavy atom. The molecule has 0 saturated heterocycles. The molecule has 0 atom stereocenters. The fourth-order valence-electron chi connectivity index (χ4n) is 3.70. The predicted molar refractivity (Wildman–Crippen MR) is 130 cm³/mol. The van der Waals surface area contributed by atoms with E-state index in [9.17, 15) is 9.59 Å². The van der Waals surface area contributed by atoms with Gasteiger partial charge < -0.3 is 10.1 Å². The van der Waals surface area contributed by atoms with E-state index in [1.807, 2.05) is 69.3 Å². The van der Waals surface area contributed by atoms with Gasteiger partial charge in [0.25, 0.3) is 5.91 Å². The summed E-state index contributed by atoms with van der Waals surface area (Å²) in [4.78, 5) is 29.1. The Balaban J connectivity index is 1.50. The highest BCUT2D eigenvalue weighted by Crippen LogP contribution is 2.32. The molecule has 0 aliphatic rings. The van der Waals surface area contributed by atoms with E-state index >= 15 is 0 Å². The Morgan fingerprint density at radius 2 is 1.73 bits per heavy atom. The van der Waals surface area contributed by atoms with Crippen molar-refractivity contribution in [3.05, 3.63) is 101 Å². The third kappa shape index (κ3) is 4.93. The number of nitrogens with one attached hydrogen (secondary N) is 1. The van der Waals surface area contributed by atoms with Gasteiger partial charge in [-0.1, -0.05) is 43.3 Å². The molecule has 0 radical (unpaired) electrons. The number of ether oxygens (including phenoxy) is 1. The summed E-state index contributed by atoms with van der Waals surface area (Å²) in [6, 6.07) is 20.7. The minimum Gasteiger partial charge on any atom is -0.456 e. The van der Waals surface area contributed by atoms with Crippen LogP contribution in [0, 0.1) is 13.8 Å². The van der Waals surface area contributed by atoms with Crippen LogP contribution in [-0.2, 0) is 6.54 Å². The van der Waals surface area contributed by atoms with Crippen molar-refractivity contribution in [3.63, 3.8) is 0 Å². The van der Waals surface area contributed by atoms with Crippen molar-refractivity contribution in [3.8, 4) is 11.5 Å². The van der Waals surface area contributed by atoms with Crippen LogP contribution < -0.4 is 10.1 Å². The van der Waals surface area contributed by atoms with Crippen LogP contribution in [0.3, 0.4) is 0 Å². The summed E-state index contributed by atoms with van der Waals surface area (Å²) in [5, 5.41) is 3.88. The molecule has 4 aromatic rings. The van der Waals surface area contributed by atoms with Gasteiger partial charge in [0.1, 0.15) is 11.5 Å². The van der Waals surface area contributed by atoms with Crippen molar-refractivity contribution in [2.45, 2.75) is 33.7 Å². The number of nitrogens with zero attached hydrogens (tertiary/aromatic N) is 1. The molecule has 0 fully saturated rings. The highest BCUT2D eigenvalue weighted by molar-refractivity contribution is 5.97. The lowest BCUT2D eigenvalue weighted by atomic mass is 10.1. The standard InChI is InChI=1S/C28H26N2O3/c1-4-25(31)21-11-9-20(10-12-21)17-30-28(32)22-6-5-7-26(19(22)3)33-27-14-15-29-24-16-18(2)8-13-23(24)27/h5-16H,4,17H2,1-3H3,(H,30,32). The summed E-state index contributed by atoms with van der Waals surface area (Å²) < 4.78 is 6.21. The van der Waals surface area contributed by atoms with E-state index in [1.165, 1.54) is 0 Å². The molecular formula is C28H26N2O3. The average Bonchev–Trinajstić information content (AvgIpc) is 2.83. The Kier molecular flexibility index (Phi) is 6.50. The SMILES string of the molecule is CCC(=O)c1ccc(CNC(=O)c2cccc(Oc3ccnc4cc(C)ccc34)c2C)cc1. The number of aryl methyl sites for hydroxylation is 1. The van der Waals surface area contributed by atoms with Crippen LogP contribution in [0.2, 0.25) is 0 Å². The Bertz CT molecular complexity index is 1330. The Morgan fingerprint density at radius 3 is 2.48 bits per heavy atom. The van der Waals surface area contributed by atoms with Crippen molar-refractivity contribution in [1.29, 1.82) is 0 Å². The van der Waals surface area contributed by atoms with Crippen molar-refractivity contribution < 1.29 is 14.3 Å². The number of benzene rings is 3. The second kappa shape index (κ2) is 9.65. The van der Waals surface area contributed by atoms with Gasteiger partial charge in [0.15, 0.2) is 5.78 Å². The summed E-state index contributed by atoms with van der Waals surface area (Å²) >= 11 is 0. The smallest absolute Gasteiger partial charge is 0.251 e. The molecule has 1 heterocycles. The lowest BCUT2D eigenvalue weighted by Crippen LogP contribution is -2.23. The molecule has 0 spiro atoms. The molecule has 1 aromatic heterocycles. The summed E-state index contributed by atoms with van der Waals surface area (Å²) in [6.45, 7) is 6.12. The van der Waals surface area contributed by atoms with Crippen molar-refractivity contribution in [2.24, 2.45) is 0 Å². The largest absolute Gasteiger partial charge is 0.456 e. The zero-order valence-electron chi connectivity index (χ0n) is 19.0. The molecule has 33 heavy (non-hydrogen) atoms. The summed E-state index contributed by atoms with van der Waals surface area (Å²) in [6.07, 6.45) is 2.20. The number of carbonyl (C=O) groups is 2. The lowest BCUT2D eigenvalue weighted by Gasteiger charge is -2.14. The first kappa shape index (κ1) is 22.2. The maximum Gasteiger partial charge on any atom is 0.251 e. The van der Waals surface area contributed by atoms with Gasteiger partial charge in [0, 0.05) is 41.2 Å². The summed E-state index contributed by atoms with van der Waals surface area (Å²) in [5.74, 6) is 1.25. The Hall–Kier alpha value is -3.99. The summed E-state index contributed by atoms with van der Waals surface area (Å²) in [5.41, 5.74) is 4.93. The first-order valence-corrected chi connectivity index (χ1v) is 11.0. The first-order chi connectivity index (χ1) is 16.0. The van der Waals surface area contributed by atoms with E-state index in [1.54, 1.807) is 24.4 Å². The minimum atomic E-state index is -0.179. The molecular weight excluding hydrogens is 412 g/mol. The maximum atomic E-state index is 12.9. The molecule has 5 nitrogen and oxygen atoms in total. The van der Waals surface area contributed by atoms with E-state index in [-0.39, 0.29) is 11.7 Å². The minimum absolute atomic E-state index is 0.107. The van der Waals surface area contributed by atoms with Gasteiger partial charge in [0.05, 0.1) is 5.52 Å². The van der Waals surface area contributed by atoms with Gasteiger partial charge >= 0.3 is 0 Å². The fraction of sp³-hybridized carbons (Fsp3) is 0.179. The van der Waals surface area contributed by atoms with E-state index < -0.39 is 0 Å². The van der Waals surface area contributed by atoms with E-state index in [0.717, 1.165) is 27.6 Å². The molecule has 0 aliphatic heterocycles. The lowest BCUT2D eigenvalue weighted by molar-refractivity contribution is 0.0948. The van der Waals surface area contributed by atoms with Crippen LogP contribution >= 0.6 is 0 Å². The molecule has 0 unspecified atom stereocenters. The topological polar surface area (TPSA) is 68.3 Å². The van der Waals surface area contributed by atoms with Crippen LogP contribution in [0.4, 0.5) is 0 Å². The highest BCUT2D eigenvalue weighted by atomic mass is 16.5. The number of carbonyl (C=O) groups excluding carboxylic acids is 2. The third-order valence-electron chi connectivity index (χ3n) is 5.66. The number of Topliss-reactive ketones (excluding diaryl/α,β-unsaturated/α-hetero) is 1. The molecule has 0 aliphatic carbocycles. The number of hydrogen-bond donors (Lipinski definition) is 1. The van der Waals surface area contributed by atoms with Gasteiger partial charge in [-0.3, -0.25) is 14.6 Å². The van der Waals surface area contributed by atoms with E-state index in [2.05, 4.69) is 10.3 Å². The molecule has 166 valence electrons. The summed E-state index contributed by atoms with van der Waals surface area (Å²) in [7, 11) is 0. The zero-order chi connectivity index (χ0) is 23.4. The number of fused-ring (bicyclic) bond motifs is 1. The molecule has 1 amide bonds. The second-order valence-corrected chi connectivity index (χ2v) is 8.02. The number of aromatic nitrogens is 1. The van der Waals surface area contributed by atoms with Gasteiger partial charge in [-0.25, -0.2) is 0 Å². The van der Waals surface area contributed by atoms with Crippen LogP contribution in [0.1, 0.15) is 50.8 Å². The molecule has 1 N–H and O–H groups in total. The normalized spacial score (nSPS) is 10.8. The number of hydrogen-bond acceptors (Lipinski definition) is 4. The van der Waals surface area contributed by atoms with Crippen molar-refractivity contribution >= 4 is 22.6 Å². The van der Waals surface area contributed by atoms with Gasteiger partial charge in [-0.05, 0) is 55.3 Å². The molecule has 0 saturated carbocycles. The van der Waals surface area contributed by atoms with Crippen LogP contribution in [0.15, 0.2) is 72.9 Å². The Labute approximate surface area is 193 Å². The van der Waals surface area contributed by atoms with Gasteiger partial charge in [-0.2, -0.15) is 0 Å². The highest BCUT2D eigenvalue weighted by Gasteiger charge is 2.14. The van der Waals surface area contributed by atoms with E-state index in [0.29, 0.717) is 35.6 Å². The monoisotopic (exact) mass is 438 g/mol. The van der Waals surface area contributed by atoms with Crippen molar-refractivity contribution in [1.82, 2.24) is 10.3 Å². The quantitative estimate of drug-likeness (QED) is 0.351. The predicted octanol–water partition coefficient (Wildman–Crippen LogP) is 6.17. The zero-order valence-corrected chi connectivity index (χ0v) is 19.0. The van der Waals surface area contributed by atoms with Crippen LogP contribution in [-0.4, -0.2) is 16.7 Å². The molecule has 4 rings (SSSR count). The van der Waals surface area contributed by atoms with Crippen LogP contribution in [0.25, 0.3) is 10.9 Å². The molecule has 5 heteroatoms. The van der Waals surface area contributed by atoms with Crippen LogP contribution in [0.5, 0.6) is 11.5 Å². The number of pyridine rings is 1. The maximum absolute atomic E-state index is 12.9. The first-order valence-electron chi connectivity index (χ1n) is 11.0. The third-order valence-corrected chi connectivity index (χ3v) is 5.66. The number of ketones is 1. The van der Waals surface area contributed by atoms with Gasteiger partial charge in [0.2, 0.25) is 0 Å². The molecule has 3 aromatic carbocycles. The number of amides is 1. The fourth-order valence-corrected chi connectivity index (χ4v) is 3.70. The number of rotatable bonds is 7.